The number of carbonyl (C=O) groups is 1. The van der Waals surface area contributed by atoms with Crippen molar-refractivity contribution >= 4 is 11.5 Å². The summed E-state index contributed by atoms with van der Waals surface area (Å²) in [6.45, 7) is 1.81. The maximum Gasteiger partial charge on any atom is 0.341 e. The third kappa shape index (κ3) is 5.30. The van der Waals surface area contributed by atoms with Gasteiger partial charge in [0.1, 0.15) is 18.1 Å². The van der Waals surface area contributed by atoms with Crippen molar-refractivity contribution in [1.82, 2.24) is 0 Å². The second-order valence-corrected chi connectivity index (χ2v) is 6.59. The van der Waals surface area contributed by atoms with Crippen LogP contribution in [-0.2, 0) is 4.79 Å². The average molecular weight is 398 g/mol. The quantitative estimate of drug-likeness (QED) is 0.546. The van der Waals surface area contributed by atoms with Gasteiger partial charge in [-0.05, 0) is 59.5 Å². The molecular formula is C26H22O4. The second-order valence-electron chi connectivity index (χ2n) is 6.59. The first-order valence-electron chi connectivity index (χ1n) is 9.48. The molecule has 0 fully saturated rings. The number of carboxylic acids is 1. The molecule has 4 heteroatoms. The minimum Gasteiger partial charge on any atom is -0.489 e. The molecule has 0 heterocycles. The molecular weight excluding hydrogens is 376 g/mol. The van der Waals surface area contributed by atoms with Gasteiger partial charge in [-0.2, -0.15) is 0 Å². The maximum absolute atomic E-state index is 10.7. The Hall–Kier alpha value is -3.97. The van der Waals surface area contributed by atoms with Crippen LogP contribution in [0.2, 0.25) is 0 Å². The smallest absolute Gasteiger partial charge is 0.341 e. The number of carboxylic acid groups (broad SMARTS) is 1. The zero-order chi connectivity index (χ0) is 21.3. The van der Waals surface area contributed by atoms with E-state index in [0.717, 1.165) is 27.8 Å². The number of terminal acetylenes is 1. The molecule has 0 unspecified atom stereocenters. The van der Waals surface area contributed by atoms with Crippen LogP contribution in [0.3, 0.4) is 0 Å². The molecule has 4 nitrogen and oxygen atoms in total. The summed E-state index contributed by atoms with van der Waals surface area (Å²) in [5.41, 5.74) is 4.66. The maximum atomic E-state index is 10.7. The van der Waals surface area contributed by atoms with E-state index in [-0.39, 0.29) is 6.61 Å². The van der Waals surface area contributed by atoms with Gasteiger partial charge in [-0.1, -0.05) is 54.5 Å². The van der Waals surface area contributed by atoms with Crippen LogP contribution in [0.1, 0.15) is 22.3 Å². The van der Waals surface area contributed by atoms with Crippen molar-refractivity contribution in [1.29, 1.82) is 0 Å². The van der Waals surface area contributed by atoms with Gasteiger partial charge in [0.25, 0.3) is 0 Å². The number of aliphatic carboxylic acids is 1. The highest BCUT2D eigenvalue weighted by Crippen LogP contribution is 2.27. The Labute approximate surface area is 176 Å². The SMILES string of the molecule is C#Cc1ccccc1C(=CCOc1ccc(OCC(=O)O)c(C)c1)c1ccccc1. The van der Waals surface area contributed by atoms with Crippen molar-refractivity contribution in [2.45, 2.75) is 6.92 Å². The van der Waals surface area contributed by atoms with Crippen molar-refractivity contribution in [3.05, 3.63) is 101 Å². The molecule has 1 N–H and O–H groups in total. The fourth-order valence-electron chi connectivity index (χ4n) is 3.08. The summed E-state index contributed by atoms with van der Waals surface area (Å²) in [6.07, 6.45) is 7.71. The molecule has 30 heavy (non-hydrogen) atoms. The molecule has 0 aromatic heterocycles. The summed E-state index contributed by atoms with van der Waals surface area (Å²) in [6, 6.07) is 23.1. The lowest BCUT2D eigenvalue weighted by molar-refractivity contribution is -0.139. The van der Waals surface area contributed by atoms with E-state index < -0.39 is 5.97 Å². The van der Waals surface area contributed by atoms with E-state index in [1.165, 1.54) is 0 Å². The van der Waals surface area contributed by atoms with Gasteiger partial charge in [0.15, 0.2) is 6.61 Å². The molecule has 3 aromatic rings. The summed E-state index contributed by atoms with van der Waals surface area (Å²) in [7, 11) is 0. The van der Waals surface area contributed by atoms with E-state index in [9.17, 15) is 4.79 Å². The molecule has 0 radical (unpaired) electrons. The topological polar surface area (TPSA) is 55.8 Å². The Morgan fingerprint density at radius 1 is 1.03 bits per heavy atom. The van der Waals surface area contributed by atoms with Crippen LogP contribution in [0.15, 0.2) is 78.9 Å². The Morgan fingerprint density at radius 2 is 1.77 bits per heavy atom. The van der Waals surface area contributed by atoms with Crippen LogP contribution < -0.4 is 9.47 Å². The number of ether oxygens (including phenoxy) is 2. The predicted octanol–water partition coefficient (Wildman–Crippen LogP) is 4.95. The Kier molecular flexibility index (Phi) is 6.91. The molecule has 0 aliphatic rings. The monoisotopic (exact) mass is 398 g/mol. The third-order valence-corrected chi connectivity index (χ3v) is 4.49. The van der Waals surface area contributed by atoms with E-state index >= 15 is 0 Å². The molecule has 150 valence electrons. The molecule has 3 rings (SSSR count). The van der Waals surface area contributed by atoms with E-state index in [0.29, 0.717) is 18.1 Å². The van der Waals surface area contributed by atoms with Gasteiger partial charge in [-0.15, -0.1) is 6.42 Å². The molecule has 0 spiro atoms. The summed E-state index contributed by atoms with van der Waals surface area (Å²) in [4.78, 5) is 10.7. The summed E-state index contributed by atoms with van der Waals surface area (Å²) < 4.78 is 11.2. The normalized spacial score (nSPS) is 10.9. The van der Waals surface area contributed by atoms with Crippen LogP contribution in [0.4, 0.5) is 0 Å². The summed E-state index contributed by atoms with van der Waals surface area (Å²) >= 11 is 0. The number of aryl methyl sites for hydroxylation is 1. The highest BCUT2D eigenvalue weighted by molar-refractivity contribution is 5.82. The highest BCUT2D eigenvalue weighted by Gasteiger charge is 2.09. The van der Waals surface area contributed by atoms with Crippen molar-refractivity contribution in [3.8, 4) is 23.8 Å². The van der Waals surface area contributed by atoms with Crippen LogP contribution >= 0.6 is 0 Å². The third-order valence-electron chi connectivity index (χ3n) is 4.49. The molecule has 0 saturated carbocycles. The number of benzene rings is 3. The zero-order valence-corrected chi connectivity index (χ0v) is 16.7. The van der Waals surface area contributed by atoms with Crippen LogP contribution in [0, 0.1) is 19.3 Å². The molecule has 0 amide bonds. The molecule has 0 aliphatic heterocycles. The first-order valence-corrected chi connectivity index (χ1v) is 9.48. The number of hydrogen-bond acceptors (Lipinski definition) is 3. The first kappa shape index (κ1) is 20.8. The molecule has 3 aromatic carbocycles. The van der Waals surface area contributed by atoms with Crippen molar-refractivity contribution in [2.75, 3.05) is 13.2 Å². The summed E-state index contributed by atoms with van der Waals surface area (Å²) in [5.74, 6) is 2.93. The fourth-order valence-corrected chi connectivity index (χ4v) is 3.08. The molecule has 0 atom stereocenters. The highest BCUT2D eigenvalue weighted by atomic mass is 16.5. The van der Waals surface area contributed by atoms with E-state index in [4.69, 9.17) is 21.0 Å². The van der Waals surface area contributed by atoms with Crippen molar-refractivity contribution in [2.24, 2.45) is 0 Å². The Bertz CT molecular complexity index is 1090. The fraction of sp³-hybridized carbons (Fsp3) is 0.115. The molecule has 0 bridgehead atoms. The van der Waals surface area contributed by atoms with Gasteiger partial charge in [0.05, 0.1) is 0 Å². The molecule has 0 saturated heterocycles. The van der Waals surface area contributed by atoms with Gasteiger partial charge < -0.3 is 14.6 Å². The Morgan fingerprint density at radius 3 is 2.47 bits per heavy atom. The van der Waals surface area contributed by atoms with E-state index in [2.05, 4.69) is 5.92 Å². The van der Waals surface area contributed by atoms with Gasteiger partial charge in [0.2, 0.25) is 0 Å². The van der Waals surface area contributed by atoms with Crippen LogP contribution in [-0.4, -0.2) is 24.3 Å². The lowest BCUT2D eigenvalue weighted by Crippen LogP contribution is -2.10. The van der Waals surface area contributed by atoms with Crippen LogP contribution in [0.25, 0.3) is 5.57 Å². The van der Waals surface area contributed by atoms with Gasteiger partial charge in [0, 0.05) is 5.56 Å². The zero-order valence-electron chi connectivity index (χ0n) is 16.7. The minimum absolute atomic E-state index is 0.345. The van der Waals surface area contributed by atoms with E-state index in [1.54, 1.807) is 12.1 Å². The van der Waals surface area contributed by atoms with Gasteiger partial charge >= 0.3 is 5.97 Å². The standard InChI is InChI=1S/C26H22O4/c1-3-20-9-7-8-12-23(20)24(21-10-5-4-6-11-21)15-16-29-22-13-14-25(19(2)17-22)30-18-26(27)28/h1,4-15,17H,16,18H2,2H3,(H,27,28). The first-order chi connectivity index (χ1) is 14.6. The minimum atomic E-state index is -1.01. The molecule has 0 aliphatic carbocycles. The Balaban J connectivity index is 1.81. The lowest BCUT2D eigenvalue weighted by Gasteiger charge is -2.13. The van der Waals surface area contributed by atoms with Gasteiger partial charge in [-0.3, -0.25) is 0 Å². The van der Waals surface area contributed by atoms with Crippen molar-refractivity contribution in [3.63, 3.8) is 0 Å². The summed E-state index contributed by atoms with van der Waals surface area (Å²) in [5, 5.41) is 8.75. The van der Waals surface area contributed by atoms with Crippen LogP contribution in [0.5, 0.6) is 11.5 Å². The predicted molar refractivity (Wildman–Crippen MR) is 118 cm³/mol. The van der Waals surface area contributed by atoms with Crippen molar-refractivity contribution < 1.29 is 19.4 Å². The van der Waals surface area contributed by atoms with Gasteiger partial charge in [-0.25, -0.2) is 4.79 Å². The number of rotatable bonds is 8. The number of hydrogen-bond donors (Lipinski definition) is 1. The lowest BCUT2D eigenvalue weighted by atomic mass is 9.94. The second kappa shape index (κ2) is 9.99. The average Bonchev–Trinajstić information content (AvgIpc) is 2.76. The van der Waals surface area contributed by atoms with E-state index in [1.807, 2.05) is 73.7 Å². The largest absolute Gasteiger partial charge is 0.489 e.